The van der Waals surface area contributed by atoms with E-state index < -0.39 is 11.7 Å². The van der Waals surface area contributed by atoms with E-state index >= 15 is 0 Å². The molecule has 1 amide bonds. The molecule has 0 aliphatic heterocycles. The summed E-state index contributed by atoms with van der Waals surface area (Å²) >= 11 is 3.39. The minimum atomic E-state index is -0.657. The number of anilines is 1. The lowest BCUT2D eigenvalue weighted by atomic mass is 10.1. The zero-order chi connectivity index (χ0) is 15.7. The van der Waals surface area contributed by atoms with Crippen molar-refractivity contribution in [2.75, 3.05) is 5.32 Å². The molecule has 6 heteroatoms. The number of ketones is 1. The lowest BCUT2D eigenvalue weighted by Crippen LogP contribution is -2.24. The van der Waals surface area contributed by atoms with Crippen LogP contribution in [-0.4, -0.2) is 21.5 Å². The molecule has 21 heavy (non-hydrogen) atoms. The van der Waals surface area contributed by atoms with Crippen LogP contribution in [0.5, 0.6) is 0 Å². The summed E-state index contributed by atoms with van der Waals surface area (Å²) in [7, 11) is 1.75. The van der Waals surface area contributed by atoms with Crippen molar-refractivity contribution in [3.05, 3.63) is 45.2 Å². The SMILES string of the molecule is Cc1cc(NC(=O)C(=O)c2c(C)nn(C)c2C)ccc1Br. The Balaban J connectivity index is 2.23. The lowest BCUT2D eigenvalue weighted by Gasteiger charge is -2.07. The Hall–Kier alpha value is -1.95. The van der Waals surface area contributed by atoms with Gasteiger partial charge in [0.2, 0.25) is 0 Å². The fourth-order valence-electron chi connectivity index (χ4n) is 2.13. The van der Waals surface area contributed by atoms with Gasteiger partial charge in [0.05, 0.1) is 11.3 Å². The lowest BCUT2D eigenvalue weighted by molar-refractivity contribution is -0.112. The molecular weight excluding hydrogens is 334 g/mol. The number of halogens is 1. The Morgan fingerprint density at radius 1 is 1.24 bits per heavy atom. The van der Waals surface area contributed by atoms with Crippen molar-refractivity contribution in [1.82, 2.24) is 9.78 Å². The largest absolute Gasteiger partial charge is 0.319 e. The summed E-state index contributed by atoms with van der Waals surface area (Å²) in [6.45, 7) is 5.40. The van der Waals surface area contributed by atoms with Gasteiger partial charge in [-0.3, -0.25) is 14.3 Å². The highest BCUT2D eigenvalue weighted by atomic mass is 79.9. The van der Waals surface area contributed by atoms with Gasteiger partial charge >= 0.3 is 0 Å². The third-order valence-electron chi connectivity index (χ3n) is 3.36. The number of carbonyl (C=O) groups excluding carboxylic acids is 2. The van der Waals surface area contributed by atoms with Gasteiger partial charge in [-0.2, -0.15) is 5.10 Å². The first kappa shape index (κ1) is 15.4. The molecule has 2 aromatic rings. The third kappa shape index (κ3) is 3.05. The Morgan fingerprint density at radius 2 is 1.90 bits per heavy atom. The van der Waals surface area contributed by atoms with Gasteiger partial charge in [0.25, 0.3) is 11.7 Å². The number of hydrogen-bond donors (Lipinski definition) is 1. The van der Waals surface area contributed by atoms with Gasteiger partial charge in [-0.1, -0.05) is 15.9 Å². The molecule has 0 unspecified atom stereocenters. The summed E-state index contributed by atoms with van der Waals surface area (Å²) in [4.78, 5) is 24.4. The van der Waals surface area contributed by atoms with Gasteiger partial charge < -0.3 is 5.32 Å². The Labute approximate surface area is 131 Å². The van der Waals surface area contributed by atoms with Crippen LogP contribution in [0.15, 0.2) is 22.7 Å². The van der Waals surface area contributed by atoms with E-state index in [0.29, 0.717) is 22.6 Å². The maximum Gasteiger partial charge on any atom is 0.296 e. The smallest absolute Gasteiger partial charge is 0.296 e. The molecule has 0 fully saturated rings. The first-order valence-corrected chi connectivity index (χ1v) is 7.22. The van der Waals surface area contributed by atoms with Gasteiger partial charge in [0, 0.05) is 22.9 Å². The number of hydrogen-bond acceptors (Lipinski definition) is 3. The van der Waals surface area contributed by atoms with E-state index in [9.17, 15) is 9.59 Å². The molecule has 0 aliphatic rings. The number of amides is 1. The first-order valence-electron chi connectivity index (χ1n) is 6.43. The van der Waals surface area contributed by atoms with Crippen LogP contribution in [0.1, 0.15) is 27.3 Å². The summed E-state index contributed by atoms with van der Waals surface area (Å²) in [5, 5.41) is 6.78. The van der Waals surface area contributed by atoms with Crippen LogP contribution in [0.2, 0.25) is 0 Å². The van der Waals surface area contributed by atoms with E-state index in [2.05, 4.69) is 26.3 Å². The normalized spacial score (nSPS) is 10.5. The zero-order valence-electron chi connectivity index (χ0n) is 12.3. The monoisotopic (exact) mass is 349 g/mol. The predicted octanol–water partition coefficient (Wildman–Crippen LogP) is 2.93. The standard InChI is InChI=1S/C15H16BrN3O2/c1-8-7-11(5-6-12(8)16)17-15(21)14(20)13-9(2)18-19(4)10(13)3/h5-7H,1-4H3,(H,17,21). The number of Topliss-reactive ketones (excluding diaryl/α,β-unsaturated/α-hetero) is 1. The molecule has 0 spiro atoms. The van der Waals surface area contributed by atoms with Crippen LogP contribution in [0, 0.1) is 20.8 Å². The number of aryl methyl sites for hydroxylation is 3. The Morgan fingerprint density at radius 3 is 2.43 bits per heavy atom. The van der Waals surface area contributed by atoms with Crippen molar-refractivity contribution in [1.29, 1.82) is 0 Å². The fraction of sp³-hybridized carbons (Fsp3) is 0.267. The van der Waals surface area contributed by atoms with E-state index in [1.807, 2.05) is 13.0 Å². The highest BCUT2D eigenvalue weighted by molar-refractivity contribution is 9.10. The minimum absolute atomic E-state index is 0.365. The van der Waals surface area contributed by atoms with Gasteiger partial charge in [0.15, 0.2) is 0 Å². The quantitative estimate of drug-likeness (QED) is 0.684. The topological polar surface area (TPSA) is 64.0 Å². The number of nitrogens with one attached hydrogen (secondary N) is 1. The van der Waals surface area contributed by atoms with Crippen LogP contribution < -0.4 is 5.32 Å². The zero-order valence-corrected chi connectivity index (χ0v) is 13.9. The summed E-state index contributed by atoms with van der Waals surface area (Å²) in [5.41, 5.74) is 3.17. The molecule has 1 N–H and O–H groups in total. The molecule has 0 radical (unpaired) electrons. The van der Waals surface area contributed by atoms with Crippen molar-refractivity contribution < 1.29 is 9.59 Å². The number of carbonyl (C=O) groups is 2. The molecule has 110 valence electrons. The summed E-state index contributed by atoms with van der Waals surface area (Å²) in [6.07, 6.45) is 0. The second-order valence-electron chi connectivity index (χ2n) is 4.92. The predicted molar refractivity (Wildman–Crippen MR) is 84.5 cm³/mol. The summed E-state index contributed by atoms with van der Waals surface area (Å²) in [5.74, 6) is -1.23. The molecule has 0 saturated heterocycles. The average Bonchev–Trinajstić information content (AvgIpc) is 2.67. The molecule has 0 bridgehead atoms. The second-order valence-corrected chi connectivity index (χ2v) is 5.77. The third-order valence-corrected chi connectivity index (χ3v) is 4.25. The molecule has 1 heterocycles. The molecule has 2 rings (SSSR count). The second kappa shape index (κ2) is 5.81. The fourth-order valence-corrected chi connectivity index (χ4v) is 2.37. The minimum Gasteiger partial charge on any atom is -0.319 e. The van der Waals surface area contributed by atoms with E-state index in [4.69, 9.17) is 0 Å². The Bertz CT molecular complexity index is 735. The van der Waals surface area contributed by atoms with Gasteiger partial charge in [-0.05, 0) is 44.5 Å². The average molecular weight is 350 g/mol. The number of rotatable bonds is 3. The molecule has 0 saturated carbocycles. The molecule has 5 nitrogen and oxygen atoms in total. The molecule has 1 aromatic carbocycles. The molecular formula is C15H16BrN3O2. The molecule has 1 aromatic heterocycles. The summed E-state index contributed by atoms with van der Waals surface area (Å²) in [6, 6.07) is 5.37. The Kier molecular flexibility index (Phi) is 4.27. The van der Waals surface area contributed by atoms with E-state index in [1.165, 1.54) is 0 Å². The van der Waals surface area contributed by atoms with Crippen LogP contribution in [0.4, 0.5) is 5.69 Å². The highest BCUT2D eigenvalue weighted by Crippen LogP contribution is 2.20. The number of benzene rings is 1. The maximum absolute atomic E-state index is 12.3. The number of nitrogens with zero attached hydrogens (tertiary/aromatic N) is 2. The van der Waals surface area contributed by atoms with E-state index in [0.717, 1.165) is 10.0 Å². The van der Waals surface area contributed by atoms with E-state index in [-0.39, 0.29) is 0 Å². The van der Waals surface area contributed by atoms with Crippen molar-refractivity contribution in [3.63, 3.8) is 0 Å². The van der Waals surface area contributed by atoms with Crippen LogP contribution >= 0.6 is 15.9 Å². The number of aromatic nitrogens is 2. The maximum atomic E-state index is 12.3. The highest BCUT2D eigenvalue weighted by Gasteiger charge is 2.23. The van der Waals surface area contributed by atoms with Gasteiger partial charge in [-0.25, -0.2) is 0 Å². The molecule has 0 aliphatic carbocycles. The van der Waals surface area contributed by atoms with Crippen LogP contribution in [-0.2, 0) is 11.8 Å². The van der Waals surface area contributed by atoms with Crippen LogP contribution in [0.25, 0.3) is 0 Å². The van der Waals surface area contributed by atoms with Crippen molar-refractivity contribution in [2.24, 2.45) is 7.05 Å². The van der Waals surface area contributed by atoms with Crippen LogP contribution in [0.3, 0.4) is 0 Å². The first-order chi connectivity index (χ1) is 9.81. The van der Waals surface area contributed by atoms with Crippen molar-refractivity contribution in [2.45, 2.75) is 20.8 Å². The van der Waals surface area contributed by atoms with E-state index in [1.54, 1.807) is 37.7 Å². The summed E-state index contributed by atoms with van der Waals surface area (Å²) < 4.78 is 2.55. The van der Waals surface area contributed by atoms with Crippen molar-refractivity contribution >= 4 is 33.3 Å². The molecule has 0 atom stereocenters. The van der Waals surface area contributed by atoms with Gasteiger partial charge in [-0.15, -0.1) is 0 Å². The van der Waals surface area contributed by atoms with Gasteiger partial charge in [0.1, 0.15) is 0 Å². The van der Waals surface area contributed by atoms with Crippen molar-refractivity contribution in [3.8, 4) is 0 Å².